The Morgan fingerprint density at radius 3 is 1.38 bits per heavy atom. The van der Waals surface area contributed by atoms with Crippen molar-refractivity contribution in [3.05, 3.63) is 0 Å². The minimum atomic E-state index is -0.409. The zero-order valence-electron chi connectivity index (χ0n) is 20.4. The van der Waals surface area contributed by atoms with Crippen LogP contribution in [0.5, 0.6) is 0 Å². The highest BCUT2D eigenvalue weighted by molar-refractivity contribution is 5.85. The molecule has 4 N–H and O–H groups in total. The van der Waals surface area contributed by atoms with E-state index in [1.54, 1.807) is 0 Å². The Bertz CT molecular complexity index is 510. The fourth-order valence-corrected chi connectivity index (χ4v) is 3.33. The number of nitrogens with one attached hydrogen (secondary N) is 2. The maximum atomic E-state index is 12.5. The van der Waals surface area contributed by atoms with Crippen molar-refractivity contribution in [3.63, 3.8) is 0 Å². The second-order valence-electron chi connectivity index (χ2n) is 8.51. The average molecular weight is 455 g/mol. The van der Waals surface area contributed by atoms with E-state index in [0.29, 0.717) is 25.7 Å². The van der Waals surface area contributed by atoms with Gasteiger partial charge in [-0.15, -0.1) is 0 Å². The van der Waals surface area contributed by atoms with Gasteiger partial charge in [-0.2, -0.15) is 5.12 Å². The lowest BCUT2D eigenvalue weighted by atomic mass is 10.1. The molecule has 4 amide bonds. The van der Waals surface area contributed by atoms with Crippen LogP contribution in [-0.4, -0.2) is 28.7 Å². The smallest absolute Gasteiger partial charge is 0.260 e. The molecule has 0 aliphatic rings. The number of carbonyl (C=O) groups is 4. The molecule has 8 nitrogen and oxygen atoms in total. The molecule has 32 heavy (non-hydrogen) atoms. The first-order valence-corrected chi connectivity index (χ1v) is 12.6. The van der Waals surface area contributed by atoms with E-state index in [-0.39, 0.29) is 24.7 Å². The molecule has 8 heteroatoms. The first kappa shape index (κ1) is 29.9. The Labute approximate surface area is 194 Å². The lowest BCUT2D eigenvalue weighted by Crippen LogP contribution is -2.56. The molecule has 0 aromatic rings. The number of carbonyl (C=O) groups excluding carboxylic acids is 4. The summed E-state index contributed by atoms with van der Waals surface area (Å²) in [6, 6.07) is 0. The standard InChI is InChI=1S/C24H46N4O4/c1-3-5-7-9-11-13-18-22(30)26-28(24(32)20-16-15-17-21(25)29)27-23(31)19-14-12-10-8-6-4-2/h3-20H2,1-2H3,(H2,25,29)(H,26,30)(H,27,31). The summed E-state index contributed by atoms with van der Waals surface area (Å²) in [6.45, 7) is 4.32. The maximum Gasteiger partial charge on any atom is 0.260 e. The van der Waals surface area contributed by atoms with Gasteiger partial charge in [-0.25, -0.2) is 10.9 Å². The molecular weight excluding hydrogens is 408 g/mol. The van der Waals surface area contributed by atoms with Crippen molar-refractivity contribution in [1.29, 1.82) is 0 Å². The number of hydrogen-bond acceptors (Lipinski definition) is 4. The monoisotopic (exact) mass is 454 g/mol. The van der Waals surface area contributed by atoms with Crippen LogP contribution in [0.3, 0.4) is 0 Å². The number of unbranched alkanes of at least 4 members (excludes halogenated alkanes) is 11. The summed E-state index contributed by atoms with van der Waals surface area (Å²) in [5, 5.41) is 0.934. The van der Waals surface area contributed by atoms with Crippen LogP contribution in [0.1, 0.15) is 129 Å². The van der Waals surface area contributed by atoms with Gasteiger partial charge in [0.1, 0.15) is 0 Å². The third-order valence-corrected chi connectivity index (χ3v) is 5.30. The highest BCUT2D eigenvalue weighted by Gasteiger charge is 2.18. The minimum absolute atomic E-state index is 0.113. The van der Waals surface area contributed by atoms with Gasteiger partial charge in [-0.3, -0.25) is 19.2 Å². The van der Waals surface area contributed by atoms with Crippen LogP contribution in [0.2, 0.25) is 0 Å². The average Bonchev–Trinajstić information content (AvgIpc) is 2.75. The quantitative estimate of drug-likeness (QED) is 0.197. The molecule has 0 aromatic heterocycles. The van der Waals surface area contributed by atoms with Crippen LogP contribution in [-0.2, 0) is 19.2 Å². The molecule has 0 atom stereocenters. The Hall–Kier alpha value is -2.12. The predicted molar refractivity (Wildman–Crippen MR) is 127 cm³/mol. The Morgan fingerprint density at radius 2 is 0.938 bits per heavy atom. The van der Waals surface area contributed by atoms with Gasteiger partial charge in [-0.05, 0) is 25.7 Å². The Kier molecular flexibility index (Phi) is 19.4. The summed E-state index contributed by atoms with van der Waals surface area (Å²) >= 11 is 0. The van der Waals surface area contributed by atoms with Gasteiger partial charge in [0, 0.05) is 25.7 Å². The summed E-state index contributed by atoms with van der Waals surface area (Å²) in [4.78, 5) is 48.0. The lowest BCUT2D eigenvalue weighted by molar-refractivity contribution is -0.150. The molecule has 0 aliphatic carbocycles. The number of amides is 4. The fraction of sp³-hybridized carbons (Fsp3) is 0.833. The van der Waals surface area contributed by atoms with Crippen LogP contribution in [0.15, 0.2) is 0 Å². The van der Waals surface area contributed by atoms with Gasteiger partial charge in [0.05, 0.1) is 0 Å². The number of nitrogens with zero attached hydrogens (tertiary/aromatic N) is 1. The molecule has 0 aromatic carbocycles. The summed E-state index contributed by atoms with van der Waals surface area (Å²) in [5.74, 6) is -1.38. The topological polar surface area (TPSA) is 122 Å². The van der Waals surface area contributed by atoms with Crippen molar-refractivity contribution in [2.24, 2.45) is 5.73 Å². The number of rotatable bonds is 19. The normalized spacial score (nSPS) is 10.6. The highest BCUT2D eigenvalue weighted by Crippen LogP contribution is 2.08. The van der Waals surface area contributed by atoms with Crippen LogP contribution in [0.25, 0.3) is 0 Å². The molecule has 0 unspecified atom stereocenters. The van der Waals surface area contributed by atoms with Crippen LogP contribution < -0.4 is 16.6 Å². The third kappa shape index (κ3) is 18.6. The van der Waals surface area contributed by atoms with Crippen LogP contribution in [0, 0.1) is 0 Å². The second kappa shape index (κ2) is 20.8. The van der Waals surface area contributed by atoms with Crippen molar-refractivity contribution in [1.82, 2.24) is 16.0 Å². The molecule has 0 rings (SSSR count). The van der Waals surface area contributed by atoms with E-state index in [1.807, 2.05) is 0 Å². The molecule has 0 spiro atoms. The largest absolute Gasteiger partial charge is 0.370 e. The molecule has 0 bridgehead atoms. The first-order chi connectivity index (χ1) is 15.4. The highest BCUT2D eigenvalue weighted by atomic mass is 16.2. The third-order valence-electron chi connectivity index (χ3n) is 5.30. The van der Waals surface area contributed by atoms with E-state index in [0.717, 1.165) is 43.6 Å². The van der Waals surface area contributed by atoms with Gasteiger partial charge in [0.25, 0.3) is 5.91 Å². The fourth-order valence-electron chi connectivity index (χ4n) is 3.33. The van der Waals surface area contributed by atoms with Crippen LogP contribution in [0.4, 0.5) is 0 Å². The van der Waals surface area contributed by atoms with Crippen molar-refractivity contribution >= 4 is 23.6 Å². The van der Waals surface area contributed by atoms with E-state index >= 15 is 0 Å². The van der Waals surface area contributed by atoms with E-state index < -0.39 is 11.8 Å². The summed E-state index contributed by atoms with van der Waals surface area (Å²) < 4.78 is 0. The van der Waals surface area contributed by atoms with Crippen molar-refractivity contribution in [2.75, 3.05) is 0 Å². The van der Waals surface area contributed by atoms with Crippen molar-refractivity contribution in [2.45, 2.75) is 129 Å². The van der Waals surface area contributed by atoms with Crippen molar-refractivity contribution in [3.8, 4) is 0 Å². The van der Waals surface area contributed by atoms with Crippen molar-refractivity contribution < 1.29 is 19.2 Å². The zero-order valence-corrected chi connectivity index (χ0v) is 20.4. The number of nitrogens with two attached hydrogens (primary N) is 1. The predicted octanol–water partition coefficient (Wildman–Crippen LogP) is 4.42. The Balaban J connectivity index is 4.48. The van der Waals surface area contributed by atoms with Gasteiger partial charge in [0.2, 0.25) is 17.7 Å². The number of hydrazine groups is 2. The molecule has 0 aliphatic heterocycles. The summed E-state index contributed by atoms with van der Waals surface area (Å²) in [6.07, 6.45) is 14.6. The zero-order chi connectivity index (χ0) is 24.0. The van der Waals surface area contributed by atoms with E-state index in [2.05, 4.69) is 24.7 Å². The van der Waals surface area contributed by atoms with Gasteiger partial charge in [0.15, 0.2) is 0 Å². The summed E-state index contributed by atoms with van der Waals surface area (Å²) in [7, 11) is 0. The van der Waals surface area contributed by atoms with Gasteiger partial charge < -0.3 is 5.73 Å². The minimum Gasteiger partial charge on any atom is -0.370 e. The molecule has 0 heterocycles. The van der Waals surface area contributed by atoms with E-state index in [9.17, 15) is 19.2 Å². The maximum absolute atomic E-state index is 12.5. The Morgan fingerprint density at radius 1 is 0.562 bits per heavy atom. The van der Waals surface area contributed by atoms with Crippen LogP contribution >= 0.6 is 0 Å². The van der Waals surface area contributed by atoms with Gasteiger partial charge >= 0.3 is 0 Å². The number of primary amides is 1. The molecule has 0 saturated carbocycles. The van der Waals surface area contributed by atoms with E-state index in [4.69, 9.17) is 5.73 Å². The van der Waals surface area contributed by atoms with Gasteiger partial charge in [-0.1, -0.05) is 78.1 Å². The first-order valence-electron chi connectivity index (χ1n) is 12.6. The SMILES string of the molecule is CCCCCCCCC(=O)NN(NC(=O)CCCCCCCC)C(=O)CCCCC(N)=O. The number of hydrogen-bond donors (Lipinski definition) is 3. The lowest BCUT2D eigenvalue weighted by Gasteiger charge is -2.23. The molecule has 0 radical (unpaired) electrons. The molecular formula is C24H46N4O4. The molecule has 186 valence electrons. The second-order valence-corrected chi connectivity index (χ2v) is 8.51. The van der Waals surface area contributed by atoms with E-state index in [1.165, 1.54) is 38.5 Å². The molecule has 0 fully saturated rings. The summed E-state index contributed by atoms with van der Waals surface area (Å²) in [5.41, 5.74) is 10.2. The molecule has 0 saturated heterocycles.